The molecule has 122 valence electrons. The largest absolute Gasteiger partial charge is 0.291 e. The van der Waals surface area contributed by atoms with Gasteiger partial charge in [-0.05, 0) is 46.8 Å². The Kier molecular flexibility index (Phi) is 2.93. The molecule has 5 rings (SSSR count). The van der Waals surface area contributed by atoms with E-state index in [1.165, 1.54) is 27.5 Å². The molecule has 0 aliphatic heterocycles. The lowest BCUT2D eigenvalue weighted by Crippen LogP contribution is -2.31. The van der Waals surface area contributed by atoms with Crippen molar-refractivity contribution in [2.75, 3.05) is 0 Å². The molecule has 0 atom stereocenters. The molecule has 0 saturated heterocycles. The minimum Gasteiger partial charge on any atom is -0.231 e. The van der Waals surface area contributed by atoms with Crippen LogP contribution in [0, 0.1) is 13.8 Å². The minimum absolute atomic E-state index is 0.857. The van der Waals surface area contributed by atoms with Gasteiger partial charge in [0, 0.05) is 5.56 Å². The normalized spacial score (nSPS) is 11.8. The van der Waals surface area contributed by atoms with Crippen molar-refractivity contribution in [1.29, 1.82) is 0 Å². The van der Waals surface area contributed by atoms with Gasteiger partial charge in [0.15, 0.2) is 5.69 Å². The zero-order valence-electron chi connectivity index (χ0n) is 14.2. The molecule has 6 heteroatoms. The van der Waals surface area contributed by atoms with Crippen LogP contribution in [-0.4, -0.2) is 19.6 Å². The Balaban J connectivity index is 1.94. The second kappa shape index (κ2) is 5.07. The number of thiazole rings is 1. The van der Waals surface area contributed by atoms with Gasteiger partial charge in [0.05, 0.1) is 7.05 Å². The molecular formula is C19H16N5S+. The van der Waals surface area contributed by atoms with E-state index in [2.05, 4.69) is 63.8 Å². The summed E-state index contributed by atoms with van der Waals surface area (Å²) in [5, 5.41) is 6.87. The highest BCUT2D eigenvalue weighted by Gasteiger charge is 2.23. The van der Waals surface area contributed by atoms with Crippen LogP contribution in [-0.2, 0) is 7.05 Å². The van der Waals surface area contributed by atoms with Gasteiger partial charge in [0.2, 0.25) is 4.96 Å². The molecule has 25 heavy (non-hydrogen) atoms. The van der Waals surface area contributed by atoms with E-state index in [1.54, 1.807) is 17.7 Å². The van der Waals surface area contributed by atoms with Crippen LogP contribution in [0.15, 0.2) is 43.0 Å². The molecule has 0 amide bonds. The number of fused-ring (bicyclic) bond motifs is 4. The summed E-state index contributed by atoms with van der Waals surface area (Å²) in [6.07, 6.45) is 3.43. The monoisotopic (exact) mass is 346 g/mol. The standard InChI is InChI=1S/C19H16N5S/c1-11-12(2)15(8-13-6-4-5-7-14(11)13)16-17-18(21-10-23(16)3)24-19(25-17)20-9-22-24/h4-10H,1-3H3/q+1. The molecule has 3 heterocycles. The molecule has 0 fully saturated rings. The van der Waals surface area contributed by atoms with E-state index in [4.69, 9.17) is 0 Å². The second-order valence-corrected chi connectivity index (χ2v) is 7.29. The van der Waals surface area contributed by atoms with E-state index >= 15 is 0 Å². The third-order valence-corrected chi connectivity index (χ3v) is 5.96. The first-order valence-electron chi connectivity index (χ1n) is 8.11. The van der Waals surface area contributed by atoms with Crippen molar-refractivity contribution in [1.82, 2.24) is 19.6 Å². The first-order chi connectivity index (χ1) is 12.1. The maximum Gasteiger partial charge on any atom is 0.291 e. The van der Waals surface area contributed by atoms with Gasteiger partial charge in [-0.3, -0.25) is 0 Å². The number of benzene rings is 2. The van der Waals surface area contributed by atoms with Crippen LogP contribution in [0.4, 0.5) is 0 Å². The minimum atomic E-state index is 0.857. The third-order valence-electron chi connectivity index (χ3n) is 4.92. The van der Waals surface area contributed by atoms with Crippen molar-refractivity contribution < 1.29 is 4.57 Å². The number of hydrogen-bond acceptors (Lipinski definition) is 4. The van der Waals surface area contributed by atoms with E-state index in [-0.39, 0.29) is 0 Å². The summed E-state index contributed by atoms with van der Waals surface area (Å²) < 4.78 is 5.01. The first-order valence-corrected chi connectivity index (χ1v) is 8.93. The van der Waals surface area contributed by atoms with Crippen LogP contribution in [0.2, 0.25) is 0 Å². The lowest BCUT2D eigenvalue weighted by molar-refractivity contribution is -0.662. The zero-order valence-corrected chi connectivity index (χ0v) is 15.0. The van der Waals surface area contributed by atoms with Crippen LogP contribution >= 0.6 is 11.3 Å². The Morgan fingerprint density at radius 1 is 1.08 bits per heavy atom. The zero-order chi connectivity index (χ0) is 17.1. The summed E-state index contributed by atoms with van der Waals surface area (Å²) in [6, 6.07) is 10.8. The Morgan fingerprint density at radius 2 is 1.92 bits per heavy atom. The predicted molar refractivity (Wildman–Crippen MR) is 99.8 cm³/mol. The summed E-state index contributed by atoms with van der Waals surface area (Å²) in [4.78, 5) is 9.77. The molecule has 0 aliphatic rings. The second-order valence-electron chi connectivity index (χ2n) is 6.31. The van der Waals surface area contributed by atoms with Crippen LogP contribution in [0.25, 0.3) is 37.3 Å². The smallest absolute Gasteiger partial charge is 0.231 e. The summed E-state index contributed by atoms with van der Waals surface area (Å²) in [5.74, 6) is 0. The SMILES string of the molecule is Cc1c(-c2c3sc4ncnn4c3nc[n+]2C)cc2ccccc2c1C. The van der Waals surface area contributed by atoms with Crippen molar-refractivity contribution in [3.05, 3.63) is 54.1 Å². The molecular weight excluding hydrogens is 330 g/mol. The van der Waals surface area contributed by atoms with Gasteiger partial charge in [0.25, 0.3) is 12.0 Å². The van der Waals surface area contributed by atoms with Crippen LogP contribution in [0.5, 0.6) is 0 Å². The number of aryl methyl sites for hydroxylation is 2. The van der Waals surface area contributed by atoms with Gasteiger partial charge in [-0.1, -0.05) is 35.6 Å². The van der Waals surface area contributed by atoms with Crippen molar-refractivity contribution in [2.45, 2.75) is 13.8 Å². The van der Waals surface area contributed by atoms with Crippen LogP contribution in [0.3, 0.4) is 0 Å². The van der Waals surface area contributed by atoms with Gasteiger partial charge >= 0.3 is 0 Å². The fourth-order valence-electron chi connectivity index (χ4n) is 3.50. The predicted octanol–water partition coefficient (Wildman–Crippen LogP) is 3.60. The highest BCUT2D eigenvalue weighted by atomic mass is 32.1. The van der Waals surface area contributed by atoms with Gasteiger partial charge in [-0.25, -0.2) is 9.55 Å². The fourth-order valence-corrected chi connectivity index (χ4v) is 4.58. The molecule has 3 aromatic heterocycles. The van der Waals surface area contributed by atoms with Gasteiger partial charge in [-0.15, -0.1) is 0 Å². The lowest BCUT2D eigenvalue weighted by Gasteiger charge is -2.12. The molecule has 0 bridgehead atoms. The molecule has 0 N–H and O–H groups in total. The van der Waals surface area contributed by atoms with Crippen molar-refractivity contribution >= 4 is 37.4 Å². The lowest BCUT2D eigenvalue weighted by atomic mass is 9.94. The Morgan fingerprint density at radius 3 is 2.80 bits per heavy atom. The third kappa shape index (κ3) is 1.94. The van der Waals surface area contributed by atoms with Gasteiger partial charge < -0.3 is 0 Å². The average molecular weight is 346 g/mol. The van der Waals surface area contributed by atoms with Crippen molar-refractivity contribution in [3.63, 3.8) is 0 Å². The maximum absolute atomic E-state index is 4.58. The molecule has 5 aromatic rings. The first kappa shape index (κ1) is 14.5. The Hall–Kier alpha value is -2.86. The van der Waals surface area contributed by atoms with E-state index in [0.29, 0.717) is 0 Å². The fraction of sp³-hybridized carbons (Fsp3) is 0.158. The number of aromatic nitrogens is 5. The van der Waals surface area contributed by atoms with Crippen molar-refractivity contribution in [2.24, 2.45) is 7.05 Å². The molecule has 0 unspecified atom stereocenters. The molecule has 5 nitrogen and oxygen atoms in total. The summed E-state index contributed by atoms with van der Waals surface area (Å²) in [7, 11) is 2.04. The molecule has 0 radical (unpaired) electrons. The van der Waals surface area contributed by atoms with E-state index in [0.717, 1.165) is 21.0 Å². The van der Waals surface area contributed by atoms with Crippen molar-refractivity contribution in [3.8, 4) is 11.3 Å². The Labute approximate surface area is 148 Å². The average Bonchev–Trinajstić information content (AvgIpc) is 3.19. The van der Waals surface area contributed by atoms with Crippen LogP contribution < -0.4 is 4.57 Å². The number of rotatable bonds is 1. The van der Waals surface area contributed by atoms with E-state index in [1.807, 2.05) is 17.9 Å². The maximum atomic E-state index is 4.58. The summed E-state index contributed by atoms with van der Waals surface area (Å²) >= 11 is 1.63. The van der Waals surface area contributed by atoms with Gasteiger partial charge in [-0.2, -0.15) is 9.61 Å². The van der Waals surface area contributed by atoms with E-state index < -0.39 is 0 Å². The molecule has 0 aliphatic carbocycles. The highest BCUT2D eigenvalue weighted by Crippen LogP contribution is 2.35. The number of nitrogens with zero attached hydrogens (tertiary/aromatic N) is 5. The molecule has 0 spiro atoms. The molecule has 2 aromatic carbocycles. The number of hydrogen-bond donors (Lipinski definition) is 0. The summed E-state index contributed by atoms with van der Waals surface area (Å²) in [6.45, 7) is 4.39. The quantitative estimate of drug-likeness (QED) is 0.436. The van der Waals surface area contributed by atoms with Gasteiger partial charge in [0.1, 0.15) is 11.0 Å². The highest BCUT2D eigenvalue weighted by molar-refractivity contribution is 7.24. The summed E-state index contributed by atoms with van der Waals surface area (Å²) in [5.41, 5.74) is 5.86. The van der Waals surface area contributed by atoms with E-state index in [9.17, 15) is 0 Å². The Bertz CT molecular complexity index is 1280. The molecule has 0 saturated carbocycles. The van der Waals surface area contributed by atoms with Crippen LogP contribution in [0.1, 0.15) is 11.1 Å². The topological polar surface area (TPSA) is 47.0 Å².